The number of aliphatic hydroxyl groups is 3. The summed E-state index contributed by atoms with van der Waals surface area (Å²) in [6.45, 7) is 5.71. The van der Waals surface area contributed by atoms with Crippen molar-refractivity contribution in [3.63, 3.8) is 0 Å². The Morgan fingerprint density at radius 3 is 1.86 bits per heavy atom. The molecule has 0 aromatic heterocycles. The van der Waals surface area contributed by atoms with Crippen LogP contribution in [0.5, 0.6) is 0 Å². The van der Waals surface area contributed by atoms with Crippen LogP contribution in [0.4, 0.5) is 0 Å². The summed E-state index contributed by atoms with van der Waals surface area (Å²) < 4.78 is 32.1. The summed E-state index contributed by atoms with van der Waals surface area (Å²) in [5.74, 6) is -0.554. The van der Waals surface area contributed by atoms with Gasteiger partial charge in [-0.2, -0.15) is 0 Å². The Labute approximate surface area is 351 Å². The van der Waals surface area contributed by atoms with Gasteiger partial charge in [0, 0.05) is 25.2 Å². The monoisotopic (exact) mass is 847 g/mol. The predicted molar refractivity (Wildman–Crippen MR) is 229 cm³/mol. The average molecular weight is 847 g/mol. The van der Waals surface area contributed by atoms with Crippen LogP contribution in [0.2, 0.25) is 0 Å². The second-order valence-corrected chi connectivity index (χ2v) is 18.0. The predicted octanol–water partition coefficient (Wildman–Crippen LogP) is 9.93. The molecule has 5 N–H and O–H groups in total. The number of hydrogen-bond acceptors (Lipinski definition) is 10. The lowest BCUT2D eigenvalue weighted by atomic mass is 9.87. The molecule has 13 heteroatoms. The molecule has 0 radical (unpaired) electrons. The summed E-state index contributed by atoms with van der Waals surface area (Å²) in [5.41, 5.74) is 0. The maximum atomic E-state index is 12.5. The van der Waals surface area contributed by atoms with E-state index in [9.17, 15) is 29.5 Å². The first kappa shape index (κ1) is 54.4. The first-order valence-electron chi connectivity index (χ1n) is 22.9. The van der Waals surface area contributed by atoms with Crippen LogP contribution in [0.1, 0.15) is 194 Å². The van der Waals surface area contributed by atoms with E-state index in [1.54, 1.807) is 12.2 Å². The van der Waals surface area contributed by atoms with E-state index in [0.29, 0.717) is 32.1 Å². The molecule has 0 saturated carbocycles. The number of esters is 2. The summed E-state index contributed by atoms with van der Waals surface area (Å²) in [6.07, 6.45) is 29.5. The Morgan fingerprint density at radius 2 is 1.29 bits per heavy atom. The molecule has 1 rings (SSSR count). The van der Waals surface area contributed by atoms with Crippen LogP contribution in [-0.2, 0) is 32.9 Å². The van der Waals surface area contributed by atoms with Gasteiger partial charge in [0.05, 0.1) is 24.9 Å². The molecule has 6 atom stereocenters. The third-order valence-electron chi connectivity index (χ3n) is 10.7. The third kappa shape index (κ3) is 32.2. The number of carbonyl (C=O) groups excluding carboxylic acids is 2. The molecule has 1 aliphatic rings. The highest BCUT2D eigenvalue weighted by Crippen LogP contribution is 2.36. The van der Waals surface area contributed by atoms with Gasteiger partial charge in [-0.1, -0.05) is 167 Å². The molecule has 12 nitrogen and oxygen atoms in total. The number of phosphoric acid groups is 1. The minimum atomic E-state index is -4.82. The molecule has 1 fully saturated rings. The first-order valence-corrected chi connectivity index (χ1v) is 24.4. The van der Waals surface area contributed by atoms with Gasteiger partial charge >= 0.3 is 19.8 Å². The molecule has 0 aromatic carbocycles. The van der Waals surface area contributed by atoms with Crippen molar-refractivity contribution in [3.8, 4) is 0 Å². The number of ether oxygens (including phenoxy) is 3. The summed E-state index contributed by atoms with van der Waals surface area (Å²) in [7, 11) is -4.82. The van der Waals surface area contributed by atoms with Gasteiger partial charge in [0.25, 0.3) is 0 Å². The first-order chi connectivity index (χ1) is 27.8. The number of allylic oxidation sites excluding steroid dienone is 2. The van der Waals surface area contributed by atoms with Crippen molar-refractivity contribution in [2.75, 3.05) is 13.2 Å². The van der Waals surface area contributed by atoms with Crippen molar-refractivity contribution < 1.29 is 58.0 Å². The Balaban J connectivity index is 2.25. The molecule has 0 aromatic rings. The van der Waals surface area contributed by atoms with Crippen LogP contribution in [0.25, 0.3) is 0 Å². The van der Waals surface area contributed by atoms with E-state index in [0.717, 1.165) is 44.4 Å². The number of phosphoric ester groups is 1. The zero-order valence-corrected chi connectivity index (χ0v) is 37.3. The molecule has 1 saturated heterocycles. The van der Waals surface area contributed by atoms with Gasteiger partial charge in [-0.05, 0) is 38.0 Å². The van der Waals surface area contributed by atoms with Crippen molar-refractivity contribution in [3.05, 3.63) is 24.3 Å². The van der Waals surface area contributed by atoms with Crippen molar-refractivity contribution in [1.82, 2.24) is 0 Å². The smallest absolute Gasteiger partial charge is 0.462 e. The number of aliphatic hydroxyl groups excluding tert-OH is 3. The number of rotatable bonds is 37. The molecule has 0 amide bonds. The summed E-state index contributed by atoms with van der Waals surface area (Å²) in [5, 5.41) is 30.9. The standard InChI is InChI=1S/C45H83O12P/c1-4-5-22-28-38(46)32-33-42-40(41(47)34-45(50)57-42)29-24-20-21-25-30-43(48)54-35-39(36-55-58(51,52)53)56-44(49)31-26-19-17-15-13-11-9-7-6-8-10-12-14-16-18-23-27-37(2)3/h20,24,32-33,37-42,45-47,50H,4-19,21-23,25-31,34-36H2,1-3H3,(H2,51,52,53)/b24-20-,33-32+/t38-,39+,40-,41-,42+,45?/m0/s1. The summed E-state index contributed by atoms with van der Waals surface area (Å²) in [6, 6.07) is 0. The number of unbranched alkanes of at least 4 members (excludes halogenated alkanes) is 18. The van der Waals surface area contributed by atoms with E-state index in [4.69, 9.17) is 24.0 Å². The van der Waals surface area contributed by atoms with E-state index < -0.39 is 57.1 Å². The van der Waals surface area contributed by atoms with E-state index in [1.165, 1.54) is 83.5 Å². The van der Waals surface area contributed by atoms with Gasteiger partial charge < -0.3 is 39.3 Å². The Morgan fingerprint density at radius 1 is 0.741 bits per heavy atom. The SMILES string of the molecule is CCCCC[C@H](O)/C=C/[C@H]1OC(O)C[C@H](O)[C@@H]1C/C=C\CCCC(=O)OC[C@H](COP(=O)(O)O)OC(=O)CCCCCCCCCCCCCCCCCCC(C)C. The van der Waals surface area contributed by atoms with Crippen LogP contribution >= 0.6 is 7.82 Å². The van der Waals surface area contributed by atoms with Crippen LogP contribution < -0.4 is 0 Å². The van der Waals surface area contributed by atoms with Crippen LogP contribution in [-0.4, -0.2) is 81.0 Å². The molecule has 1 aliphatic heterocycles. The summed E-state index contributed by atoms with van der Waals surface area (Å²) >= 11 is 0. The highest BCUT2D eigenvalue weighted by Gasteiger charge is 2.35. The van der Waals surface area contributed by atoms with Crippen molar-refractivity contribution in [2.24, 2.45) is 11.8 Å². The molecular formula is C45H83O12P. The average Bonchev–Trinajstić information content (AvgIpc) is 3.16. The fourth-order valence-corrected chi connectivity index (χ4v) is 7.55. The zero-order chi connectivity index (χ0) is 42.9. The number of hydrogen-bond donors (Lipinski definition) is 5. The minimum Gasteiger partial charge on any atom is -0.462 e. The van der Waals surface area contributed by atoms with Gasteiger partial charge in [0.2, 0.25) is 0 Å². The molecule has 1 heterocycles. The lowest BCUT2D eigenvalue weighted by Crippen LogP contribution is -2.43. The normalized spacial score (nSPS) is 19.9. The second-order valence-electron chi connectivity index (χ2n) is 16.7. The molecule has 58 heavy (non-hydrogen) atoms. The van der Waals surface area contributed by atoms with Crippen LogP contribution in [0.15, 0.2) is 24.3 Å². The lowest BCUT2D eigenvalue weighted by Gasteiger charge is -2.36. The van der Waals surface area contributed by atoms with E-state index >= 15 is 0 Å². The molecule has 1 unspecified atom stereocenters. The van der Waals surface area contributed by atoms with Crippen LogP contribution in [0.3, 0.4) is 0 Å². The fraction of sp³-hybridized carbons (Fsp3) is 0.867. The second kappa shape index (κ2) is 35.0. The van der Waals surface area contributed by atoms with Gasteiger partial charge in [0.1, 0.15) is 6.61 Å². The topological polar surface area (TPSA) is 189 Å². The van der Waals surface area contributed by atoms with Gasteiger partial charge in [-0.25, -0.2) is 4.57 Å². The lowest BCUT2D eigenvalue weighted by molar-refractivity contribution is -0.199. The van der Waals surface area contributed by atoms with Crippen LogP contribution in [0, 0.1) is 11.8 Å². The maximum Gasteiger partial charge on any atom is 0.469 e. The van der Waals surface area contributed by atoms with Gasteiger partial charge in [-0.3, -0.25) is 14.1 Å². The number of carbonyl (C=O) groups is 2. The molecule has 0 bridgehead atoms. The van der Waals surface area contributed by atoms with E-state index in [2.05, 4.69) is 25.3 Å². The highest BCUT2D eigenvalue weighted by atomic mass is 31.2. The maximum absolute atomic E-state index is 12.5. The third-order valence-corrected chi connectivity index (χ3v) is 11.2. The molecule has 0 spiro atoms. The molecular weight excluding hydrogens is 763 g/mol. The molecule has 340 valence electrons. The minimum absolute atomic E-state index is 0.0753. The highest BCUT2D eigenvalue weighted by molar-refractivity contribution is 7.46. The van der Waals surface area contributed by atoms with Gasteiger partial charge in [-0.15, -0.1) is 0 Å². The van der Waals surface area contributed by atoms with Crippen molar-refractivity contribution >= 4 is 19.8 Å². The Hall–Kier alpha value is -1.63. The van der Waals surface area contributed by atoms with Crippen molar-refractivity contribution in [1.29, 1.82) is 0 Å². The summed E-state index contributed by atoms with van der Waals surface area (Å²) in [4.78, 5) is 43.2. The van der Waals surface area contributed by atoms with E-state index in [1.807, 2.05) is 12.2 Å². The fourth-order valence-electron chi connectivity index (χ4n) is 7.19. The van der Waals surface area contributed by atoms with E-state index in [-0.39, 0.29) is 31.8 Å². The Bertz CT molecular complexity index is 1120. The Kier molecular flexibility index (Phi) is 32.8. The zero-order valence-electron chi connectivity index (χ0n) is 36.4. The largest absolute Gasteiger partial charge is 0.469 e. The van der Waals surface area contributed by atoms with Crippen molar-refractivity contribution in [2.45, 2.75) is 225 Å². The van der Waals surface area contributed by atoms with Gasteiger partial charge in [0.15, 0.2) is 12.4 Å². The molecule has 0 aliphatic carbocycles. The quantitative estimate of drug-likeness (QED) is 0.0173.